The second-order valence-corrected chi connectivity index (χ2v) is 3.91. The fraction of sp³-hybridized carbons (Fsp3) is 1.00. The van der Waals surface area contributed by atoms with E-state index in [-0.39, 0.29) is 0 Å². The van der Waals surface area contributed by atoms with E-state index in [9.17, 15) is 0 Å². The molecule has 0 aromatic heterocycles. The third-order valence-electron chi connectivity index (χ3n) is 2.89. The van der Waals surface area contributed by atoms with Gasteiger partial charge in [-0.15, -0.1) is 0 Å². The Bertz CT molecular complexity index is 135. The molecular weight excluding hydrogens is 164 g/mol. The second kappa shape index (κ2) is 5.58. The largest absolute Gasteiger partial charge is 0.381 e. The average molecular weight is 186 g/mol. The Hall–Kier alpha value is -0.120. The molecule has 1 heterocycles. The molecule has 2 N–H and O–H groups in total. The van der Waals surface area contributed by atoms with Crippen LogP contribution in [0.1, 0.15) is 19.8 Å². The normalized spacial score (nSPS) is 25.4. The van der Waals surface area contributed by atoms with E-state index in [2.05, 4.69) is 18.9 Å². The zero-order chi connectivity index (χ0) is 9.68. The minimum absolute atomic E-state index is 0.516. The van der Waals surface area contributed by atoms with Crippen molar-refractivity contribution in [1.82, 2.24) is 4.90 Å². The fourth-order valence-electron chi connectivity index (χ4n) is 2.11. The van der Waals surface area contributed by atoms with Gasteiger partial charge in [0.1, 0.15) is 0 Å². The van der Waals surface area contributed by atoms with Crippen LogP contribution in [0.15, 0.2) is 0 Å². The molecule has 0 radical (unpaired) electrons. The van der Waals surface area contributed by atoms with Crippen molar-refractivity contribution in [3.63, 3.8) is 0 Å². The minimum atomic E-state index is 0.516. The van der Waals surface area contributed by atoms with Crippen LogP contribution >= 0.6 is 0 Å². The molecule has 0 aromatic carbocycles. The van der Waals surface area contributed by atoms with Crippen molar-refractivity contribution in [2.75, 3.05) is 33.4 Å². The van der Waals surface area contributed by atoms with Crippen molar-refractivity contribution in [3.05, 3.63) is 0 Å². The van der Waals surface area contributed by atoms with Crippen molar-refractivity contribution in [1.29, 1.82) is 0 Å². The zero-order valence-electron chi connectivity index (χ0n) is 8.83. The SMILES string of the molecule is CCCN(C)C(CN)C1CCOC1. The van der Waals surface area contributed by atoms with Crippen LogP contribution in [0.3, 0.4) is 0 Å². The number of nitrogens with zero attached hydrogens (tertiary/aromatic N) is 1. The third kappa shape index (κ3) is 2.93. The standard InChI is InChI=1S/C10H22N2O/c1-3-5-12(2)10(7-11)9-4-6-13-8-9/h9-10H,3-8,11H2,1-2H3. The lowest BCUT2D eigenvalue weighted by Crippen LogP contribution is -2.44. The van der Waals surface area contributed by atoms with Gasteiger partial charge >= 0.3 is 0 Å². The Morgan fingerprint density at radius 1 is 1.62 bits per heavy atom. The topological polar surface area (TPSA) is 38.5 Å². The van der Waals surface area contributed by atoms with Gasteiger partial charge in [0.2, 0.25) is 0 Å². The lowest BCUT2D eigenvalue weighted by atomic mass is 9.98. The van der Waals surface area contributed by atoms with Crippen LogP contribution in [0.5, 0.6) is 0 Å². The van der Waals surface area contributed by atoms with Crippen LogP contribution in [0, 0.1) is 5.92 Å². The van der Waals surface area contributed by atoms with E-state index in [1.54, 1.807) is 0 Å². The van der Waals surface area contributed by atoms with Crippen LogP contribution in [0.25, 0.3) is 0 Å². The summed E-state index contributed by atoms with van der Waals surface area (Å²) in [7, 11) is 2.17. The van der Waals surface area contributed by atoms with Gasteiger partial charge in [-0.1, -0.05) is 6.92 Å². The number of likely N-dealkylation sites (N-methyl/N-ethyl adjacent to an activating group) is 1. The summed E-state index contributed by atoms with van der Waals surface area (Å²) in [4.78, 5) is 2.37. The Labute approximate surface area is 81.2 Å². The van der Waals surface area contributed by atoms with Crippen LogP contribution in [-0.2, 0) is 4.74 Å². The molecular formula is C10H22N2O. The van der Waals surface area contributed by atoms with Crippen LogP contribution in [0.2, 0.25) is 0 Å². The van der Waals surface area contributed by atoms with E-state index in [1.165, 1.54) is 12.8 Å². The molecule has 2 unspecified atom stereocenters. The molecule has 0 bridgehead atoms. The minimum Gasteiger partial charge on any atom is -0.381 e. The molecule has 1 fully saturated rings. The predicted molar refractivity (Wildman–Crippen MR) is 54.7 cm³/mol. The van der Waals surface area contributed by atoms with Gasteiger partial charge in [0, 0.05) is 25.1 Å². The maximum Gasteiger partial charge on any atom is 0.0510 e. The third-order valence-corrected chi connectivity index (χ3v) is 2.89. The van der Waals surface area contributed by atoms with E-state index in [1.807, 2.05) is 0 Å². The van der Waals surface area contributed by atoms with Gasteiger partial charge in [0.15, 0.2) is 0 Å². The fourth-order valence-corrected chi connectivity index (χ4v) is 2.11. The quantitative estimate of drug-likeness (QED) is 0.686. The monoisotopic (exact) mass is 186 g/mol. The maximum absolute atomic E-state index is 5.79. The Kier molecular flexibility index (Phi) is 4.70. The van der Waals surface area contributed by atoms with E-state index < -0.39 is 0 Å². The first kappa shape index (κ1) is 11.0. The summed E-state index contributed by atoms with van der Waals surface area (Å²) in [6.07, 6.45) is 2.37. The lowest BCUT2D eigenvalue weighted by Gasteiger charge is -2.30. The molecule has 0 aromatic rings. The van der Waals surface area contributed by atoms with Gasteiger partial charge in [-0.3, -0.25) is 0 Å². The van der Waals surface area contributed by atoms with E-state index in [0.717, 1.165) is 26.3 Å². The molecule has 1 rings (SSSR count). The van der Waals surface area contributed by atoms with Crippen molar-refractivity contribution in [2.24, 2.45) is 11.7 Å². The molecule has 0 amide bonds. The molecule has 3 nitrogen and oxygen atoms in total. The summed E-state index contributed by atoms with van der Waals surface area (Å²) in [5.74, 6) is 0.654. The highest BCUT2D eigenvalue weighted by Crippen LogP contribution is 2.19. The molecule has 3 heteroatoms. The average Bonchev–Trinajstić information content (AvgIpc) is 2.59. The van der Waals surface area contributed by atoms with Crippen molar-refractivity contribution < 1.29 is 4.74 Å². The summed E-state index contributed by atoms with van der Waals surface area (Å²) in [6, 6.07) is 0.516. The van der Waals surface area contributed by atoms with Gasteiger partial charge in [-0.25, -0.2) is 0 Å². The number of ether oxygens (including phenoxy) is 1. The van der Waals surface area contributed by atoms with Gasteiger partial charge < -0.3 is 15.4 Å². The molecule has 1 aliphatic rings. The number of hydrogen-bond donors (Lipinski definition) is 1. The van der Waals surface area contributed by atoms with Gasteiger partial charge in [-0.2, -0.15) is 0 Å². The summed E-state index contributed by atoms with van der Waals surface area (Å²) in [5, 5.41) is 0. The Balaban J connectivity index is 2.39. The smallest absolute Gasteiger partial charge is 0.0510 e. The molecule has 2 atom stereocenters. The summed E-state index contributed by atoms with van der Waals surface area (Å²) < 4.78 is 5.39. The Morgan fingerprint density at radius 3 is 2.85 bits per heavy atom. The molecule has 78 valence electrons. The van der Waals surface area contributed by atoms with Gasteiger partial charge in [-0.05, 0) is 26.4 Å². The van der Waals surface area contributed by atoms with Crippen LogP contribution < -0.4 is 5.73 Å². The van der Waals surface area contributed by atoms with Gasteiger partial charge in [0.05, 0.1) is 6.61 Å². The van der Waals surface area contributed by atoms with E-state index in [0.29, 0.717) is 12.0 Å². The maximum atomic E-state index is 5.79. The first-order valence-corrected chi connectivity index (χ1v) is 5.27. The Morgan fingerprint density at radius 2 is 2.38 bits per heavy atom. The first-order valence-electron chi connectivity index (χ1n) is 5.27. The highest BCUT2D eigenvalue weighted by Gasteiger charge is 2.27. The summed E-state index contributed by atoms with van der Waals surface area (Å²) in [6.45, 7) is 5.91. The second-order valence-electron chi connectivity index (χ2n) is 3.91. The molecule has 0 aliphatic carbocycles. The van der Waals surface area contributed by atoms with E-state index >= 15 is 0 Å². The van der Waals surface area contributed by atoms with E-state index in [4.69, 9.17) is 10.5 Å². The summed E-state index contributed by atoms with van der Waals surface area (Å²) in [5.41, 5.74) is 5.79. The molecule has 1 saturated heterocycles. The molecule has 1 aliphatic heterocycles. The molecule has 0 saturated carbocycles. The number of rotatable bonds is 5. The zero-order valence-corrected chi connectivity index (χ0v) is 8.83. The van der Waals surface area contributed by atoms with Gasteiger partial charge in [0.25, 0.3) is 0 Å². The van der Waals surface area contributed by atoms with Crippen molar-refractivity contribution >= 4 is 0 Å². The van der Waals surface area contributed by atoms with Crippen LogP contribution in [0.4, 0.5) is 0 Å². The highest BCUT2D eigenvalue weighted by molar-refractivity contribution is 4.80. The first-order chi connectivity index (χ1) is 6.29. The van der Waals surface area contributed by atoms with Crippen LogP contribution in [-0.4, -0.2) is 44.3 Å². The number of nitrogens with two attached hydrogens (primary N) is 1. The number of hydrogen-bond acceptors (Lipinski definition) is 3. The molecule has 0 spiro atoms. The van der Waals surface area contributed by atoms with Crippen molar-refractivity contribution in [3.8, 4) is 0 Å². The summed E-state index contributed by atoms with van der Waals surface area (Å²) >= 11 is 0. The molecule has 13 heavy (non-hydrogen) atoms. The predicted octanol–water partition coefficient (Wildman–Crippen LogP) is 0.692. The highest BCUT2D eigenvalue weighted by atomic mass is 16.5. The van der Waals surface area contributed by atoms with Crippen molar-refractivity contribution in [2.45, 2.75) is 25.8 Å². The lowest BCUT2D eigenvalue weighted by molar-refractivity contribution is 0.140.